The third kappa shape index (κ3) is 3.94. The molecule has 88 valence electrons. The summed E-state index contributed by atoms with van der Waals surface area (Å²) in [6.07, 6.45) is 5.01. The molecule has 6 heteroatoms. The number of esters is 1. The minimum absolute atomic E-state index is 0.228. The normalized spacial score (nSPS) is 11.2. The van der Waals surface area contributed by atoms with Crippen LogP contribution in [0.25, 0.3) is 0 Å². The summed E-state index contributed by atoms with van der Waals surface area (Å²) in [5.41, 5.74) is -0.475. The summed E-state index contributed by atoms with van der Waals surface area (Å²) in [4.78, 5) is 15.3. The van der Waals surface area contributed by atoms with Crippen LogP contribution in [0.3, 0.4) is 0 Å². The molecular formula is C10H14N2O2S2. The van der Waals surface area contributed by atoms with E-state index in [0.29, 0.717) is 4.32 Å². The molecular weight excluding hydrogens is 244 g/mol. The molecule has 0 bridgehead atoms. The first-order valence-corrected chi connectivity index (χ1v) is 6.13. The van der Waals surface area contributed by atoms with E-state index in [2.05, 4.69) is 4.98 Å². The van der Waals surface area contributed by atoms with E-state index in [0.717, 1.165) is 0 Å². The van der Waals surface area contributed by atoms with Crippen molar-refractivity contribution in [1.82, 2.24) is 9.55 Å². The maximum Gasteiger partial charge on any atom is 0.312 e. The molecule has 0 fully saturated rings. The number of thiocarbonyl (C=S) groups is 1. The first-order valence-electron chi connectivity index (χ1n) is 4.73. The maximum atomic E-state index is 11.4. The number of aromatic nitrogens is 2. The van der Waals surface area contributed by atoms with E-state index in [-0.39, 0.29) is 11.9 Å². The molecule has 0 saturated heterocycles. The van der Waals surface area contributed by atoms with Gasteiger partial charge in [0, 0.05) is 12.4 Å². The zero-order valence-electron chi connectivity index (χ0n) is 9.47. The topological polar surface area (TPSA) is 44.1 Å². The van der Waals surface area contributed by atoms with Crippen molar-refractivity contribution in [1.29, 1.82) is 0 Å². The Morgan fingerprint density at radius 2 is 2.25 bits per heavy atom. The molecule has 0 spiro atoms. The van der Waals surface area contributed by atoms with Crippen LogP contribution in [0.2, 0.25) is 0 Å². The number of nitrogens with zero attached hydrogens (tertiary/aromatic N) is 2. The van der Waals surface area contributed by atoms with Crippen molar-refractivity contribution in [2.24, 2.45) is 5.41 Å². The fourth-order valence-corrected chi connectivity index (χ4v) is 1.57. The van der Waals surface area contributed by atoms with Crippen LogP contribution in [-0.4, -0.2) is 25.8 Å². The van der Waals surface area contributed by atoms with Crippen molar-refractivity contribution in [3.63, 3.8) is 0 Å². The summed E-state index contributed by atoms with van der Waals surface area (Å²) in [6.45, 7) is 5.44. The Kier molecular flexibility index (Phi) is 4.49. The molecule has 1 heterocycles. The van der Waals surface area contributed by atoms with E-state index in [9.17, 15) is 4.79 Å². The van der Waals surface area contributed by atoms with Crippen molar-refractivity contribution in [3.8, 4) is 0 Å². The first kappa shape index (κ1) is 13.2. The van der Waals surface area contributed by atoms with Gasteiger partial charge in [0.2, 0.25) is 0 Å². The van der Waals surface area contributed by atoms with Gasteiger partial charge >= 0.3 is 5.97 Å². The predicted molar refractivity (Wildman–Crippen MR) is 68.2 cm³/mol. The van der Waals surface area contributed by atoms with Crippen LogP contribution in [0.15, 0.2) is 18.7 Å². The van der Waals surface area contributed by atoms with Gasteiger partial charge < -0.3 is 4.74 Å². The number of carbonyl (C=O) groups excluding carboxylic acids is 1. The van der Waals surface area contributed by atoms with E-state index in [4.69, 9.17) is 17.0 Å². The van der Waals surface area contributed by atoms with Gasteiger partial charge in [-0.2, -0.15) is 0 Å². The summed E-state index contributed by atoms with van der Waals surface area (Å²) in [7, 11) is 0. The molecule has 4 nitrogen and oxygen atoms in total. The standard InChI is InChI=1S/C10H14N2O2S2/c1-10(2,3)8(13)14-7-16-9(15)12-5-4-11-6-12/h4-6H,7H2,1-3H3. The van der Waals surface area contributed by atoms with Gasteiger partial charge in [0.15, 0.2) is 0 Å². The SMILES string of the molecule is CC(C)(C)C(=O)OCSC(=S)n1ccnc1. The lowest BCUT2D eigenvalue weighted by Gasteiger charge is -2.16. The number of ether oxygens (including phenoxy) is 1. The second kappa shape index (κ2) is 5.45. The molecule has 0 aromatic carbocycles. The summed E-state index contributed by atoms with van der Waals surface area (Å²) < 4.78 is 7.39. The minimum atomic E-state index is -0.475. The summed E-state index contributed by atoms with van der Waals surface area (Å²) in [5, 5.41) is 0. The van der Waals surface area contributed by atoms with Crippen molar-refractivity contribution >= 4 is 34.3 Å². The van der Waals surface area contributed by atoms with Crippen molar-refractivity contribution in [2.45, 2.75) is 20.8 Å². The van der Waals surface area contributed by atoms with Gasteiger partial charge in [-0.25, -0.2) is 4.98 Å². The Bertz CT molecular complexity index is 369. The third-order valence-corrected chi connectivity index (χ3v) is 2.96. The zero-order valence-corrected chi connectivity index (χ0v) is 11.1. The average Bonchev–Trinajstić information content (AvgIpc) is 2.68. The number of imidazole rings is 1. The second-order valence-corrected chi connectivity index (χ2v) is 5.74. The highest BCUT2D eigenvalue weighted by Gasteiger charge is 2.22. The number of rotatable bonds is 2. The van der Waals surface area contributed by atoms with Crippen LogP contribution in [0, 0.1) is 5.41 Å². The van der Waals surface area contributed by atoms with E-state index >= 15 is 0 Å². The van der Waals surface area contributed by atoms with Crippen LogP contribution >= 0.6 is 24.0 Å². The molecule has 0 saturated carbocycles. The van der Waals surface area contributed by atoms with Gasteiger partial charge in [-0.05, 0) is 20.8 Å². The van der Waals surface area contributed by atoms with Crippen LogP contribution in [0.1, 0.15) is 20.8 Å². The Morgan fingerprint density at radius 1 is 1.56 bits per heavy atom. The largest absolute Gasteiger partial charge is 0.454 e. The van der Waals surface area contributed by atoms with Crippen molar-refractivity contribution < 1.29 is 9.53 Å². The highest BCUT2D eigenvalue weighted by Crippen LogP contribution is 2.17. The van der Waals surface area contributed by atoms with E-state index < -0.39 is 5.41 Å². The van der Waals surface area contributed by atoms with Gasteiger partial charge in [0.25, 0.3) is 0 Å². The summed E-state index contributed by atoms with van der Waals surface area (Å²) in [5.74, 6) is 0.000978. The summed E-state index contributed by atoms with van der Waals surface area (Å²) in [6, 6.07) is 0. The Labute approximate surface area is 104 Å². The van der Waals surface area contributed by atoms with Gasteiger partial charge in [0.1, 0.15) is 16.6 Å². The molecule has 0 atom stereocenters. The van der Waals surface area contributed by atoms with Crippen LogP contribution in [0.4, 0.5) is 0 Å². The third-order valence-electron chi connectivity index (χ3n) is 1.70. The fraction of sp³-hybridized carbons (Fsp3) is 0.500. The monoisotopic (exact) mass is 258 g/mol. The number of hydrogen-bond acceptors (Lipinski definition) is 5. The number of carbonyl (C=O) groups is 1. The minimum Gasteiger partial charge on any atom is -0.454 e. The second-order valence-electron chi connectivity index (χ2n) is 4.18. The lowest BCUT2D eigenvalue weighted by atomic mass is 9.98. The Hall–Kier alpha value is -0.880. The zero-order chi connectivity index (χ0) is 12.2. The lowest BCUT2D eigenvalue weighted by Crippen LogP contribution is -2.23. The van der Waals surface area contributed by atoms with Crippen molar-refractivity contribution in [2.75, 3.05) is 5.94 Å². The quantitative estimate of drug-likeness (QED) is 0.462. The Morgan fingerprint density at radius 3 is 2.75 bits per heavy atom. The highest BCUT2D eigenvalue weighted by atomic mass is 32.2. The van der Waals surface area contributed by atoms with Gasteiger partial charge in [-0.3, -0.25) is 9.36 Å². The van der Waals surface area contributed by atoms with E-state index in [1.165, 1.54) is 11.8 Å². The van der Waals surface area contributed by atoms with E-state index in [1.807, 2.05) is 20.8 Å². The molecule has 0 aliphatic rings. The molecule has 1 rings (SSSR count). The van der Waals surface area contributed by atoms with Crippen LogP contribution in [-0.2, 0) is 9.53 Å². The maximum absolute atomic E-state index is 11.4. The molecule has 0 aliphatic heterocycles. The average molecular weight is 258 g/mol. The molecule has 1 aromatic rings. The molecule has 1 aromatic heterocycles. The number of thioether (sulfide) groups is 1. The van der Waals surface area contributed by atoms with Crippen LogP contribution in [0.5, 0.6) is 0 Å². The smallest absolute Gasteiger partial charge is 0.312 e. The molecule has 0 N–H and O–H groups in total. The number of hydrogen-bond donors (Lipinski definition) is 0. The molecule has 0 aliphatic carbocycles. The van der Waals surface area contributed by atoms with Crippen LogP contribution < -0.4 is 0 Å². The lowest BCUT2D eigenvalue weighted by molar-refractivity contribution is -0.150. The van der Waals surface area contributed by atoms with Gasteiger partial charge in [0.05, 0.1) is 5.41 Å². The molecule has 16 heavy (non-hydrogen) atoms. The fourth-order valence-electron chi connectivity index (χ4n) is 0.792. The van der Waals surface area contributed by atoms with Gasteiger partial charge in [-0.1, -0.05) is 24.0 Å². The summed E-state index contributed by atoms with van der Waals surface area (Å²) >= 11 is 6.40. The van der Waals surface area contributed by atoms with E-state index in [1.54, 1.807) is 23.3 Å². The highest BCUT2D eigenvalue weighted by molar-refractivity contribution is 8.22. The first-order chi connectivity index (χ1) is 7.41. The van der Waals surface area contributed by atoms with Crippen molar-refractivity contribution in [3.05, 3.63) is 18.7 Å². The van der Waals surface area contributed by atoms with Gasteiger partial charge in [-0.15, -0.1) is 0 Å². The Balaban J connectivity index is 2.32. The molecule has 0 unspecified atom stereocenters. The molecule has 0 amide bonds. The molecule has 0 radical (unpaired) electrons. The predicted octanol–water partition coefficient (Wildman–Crippen LogP) is 2.30.